The highest BCUT2D eigenvalue weighted by atomic mass is 16.5. The molecule has 1 saturated heterocycles. The average molecular weight is 264 g/mol. The Morgan fingerprint density at radius 2 is 2.00 bits per heavy atom. The van der Waals surface area contributed by atoms with Gasteiger partial charge < -0.3 is 20.1 Å². The summed E-state index contributed by atoms with van der Waals surface area (Å²) in [5.41, 5.74) is 1.30. The van der Waals surface area contributed by atoms with Gasteiger partial charge in [0, 0.05) is 31.9 Å². The lowest BCUT2D eigenvalue weighted by molar-refractivity contribution is 0.119. The highest BCUT2D eigenvalue weighted by Crippen LogP contribution is 2.19. The van der Waals surface area contributed by atoms with Crippen LogP contribution < -0.4 is 10.2 Å². The Labute approximate surface area is 115 Å². The summed E-state index contributed by atoms with van der Waals surface area (Å²) in [6.07, 6.45) is 2.21. The van der Waals surface area contributed by atoms with Gasteiger partial charge in [-0.3, -0.25) is 0 Å². The molecule has 0 bridgehead atoms. The largest absolute Gasteiger partial charge is 0.395 e. The van der Waals surface area contributed by atoms with Crippen molar-refractivity contribution in [3.63, 3.8) is 0 Å². The van der Waals surface area contributed by atoms with E-state index < -0.39 is 0 Å². The molecule has 106 valence electrons. The summed E-state index contributed by atoms with van der Waals surface area (Å²) >= 11 is 0. The van der Waals surface area contributed by atoms with E-state index >= 15 is 0 Å². The van der Waals surface area contributed by atoms with Gasteiger partial charge in [0.1, 0.15) is 0 Å². The van der Waals surface area contributed by atoms with Crippen LogP contribution in [0.2, 0.25) is 0 Å². The first-order valence-electron chi connectivity index (χ1n) is 6.99. The van der Waals surface area contributed by atoms with Crippen molar-refractivity contribution >= 4 is 5.69 Å². The van der Waals surface area contributed by atoms with Crippen LogP contribution in [0.4, 0.5) is 5.69 Å². The van der Waals surface area contributed by atoms with E-state index in [9.17, 15) is 5.11 Å². The van der Waals surface area contributed by atoms with Crippen LogP contribution in [-0.4, -0.2) is 50.6 Å². The monoisotopic (exact) mass is 264 g/mol. The molecule has 0 amide bonds. The Balaban J connectivity index is 1.79. The minimum Gasteiger partial charge on any atom is -0.395 e. The van der Waals surface area contributed by atoms with Crippen molar-refractivity contribution in [3.05, 3.63) is 30.3 Å². The second-order valence-corrected chi connectivity index (χ2v) is 5.10. The third-order valence-electron chi connectivity index (χ3n) is 3.68. The number of para-hydroxylation sites is 1. The van der Waals surface area contributed by atoms with Crippen LogP contribution in [-0.2, 0) is 4.74 Å². The number of methoxy groups -OCH3 is 1. The molecule has 0 saturated carbocycles. The van der Waals surface area contributed by atoms with Crippen molar-refractivity contribution in [2.24, 2.45) is 0 Å². The fourth-order valence-electron chi connectivity index (χ4n) is 2.63. The Morgan fingerprint density at radius 3 is 2.58 bits per heavy atom. The number of hydrogen-bond donors (Lipinski definition) is 2. The van der Waals surface area contributed by atoms with Crippen LogP contribution in [0.5, 0.6) is 0 Å². The number of rotatable bonds is 6. The summed E-state index contributed by atoms with van der Waals surface area (Å²) in [7, 11) is 1.67. The Hall–Kier alpha value is -1.10. The third-order valence-corrected chi connectivity index (χ3v) is 3.68. The van der Waals surface area contributed by atoms with E-state index in [1.165, 1.54) is 5.69 Å². The second kappa shape index (κ2) is 7.48. The minimum atomic E-state index is 0.0540. The van der Waals surface area contributed by atoms with Gasteiger partial charge in [-0.2, -0.15) is 0 Å². The normalized spacial score (nSPS) is 18.5. The maximum absolute atomic E-state index is 9.26. The third kappa shape index (κ3) is 4.20. The molecule has 19 heavy (non-hydrogen) atoms. The summed E-state index contributed by atoms with van der Waals surface area (Å²) in [5, 5.41) is 12.7. The SMILES string of the molecule is COCC(CO)NC1CCN(c2ccccc2)CC1. The summed E-state index contributed by atoms with van der Waals surface area (Å²) in [6.45, 7) is 2.82. The van der Waals surface area contributed by atoms with Crippen molar-refractivity contribution in [2.45, 2.75) is 24.9 Å². The number of hydrogen-bond acceptors (Lipinski definition) is 4. The zero-order valence-corrected chi connectivity index (χ0v) is 11.6. The Morgan fingerprint density at radius 1 is 1.32 bits per heavy atom. The molecule has 4 heteroatoms. The molecule has 1 unspecified atom stereocenters. The van der Waals surface area contributed by atoms with Crippen molar-refractivity contribution in [1.82, 2.24) is 5.32 Å². The number of anilines is 1. The molecule has 4 nitrogen and oxygen atoms in total. The highest BCUT2D eigenvalue weighted by molar-refractivity contribution is 5.46. The lowest BCUT2D eigenvalue weighted by atomic mass is 10.0. The molecule has 2 rings (SSSR count). The molecule has 1 aromatic rings. The minimum absolute atomic E-state index is 0.0540. The molecule has 1 atom stereocenters. The number of nitrogens with one attached hydrogen (secondary N) is 1. The van der Waals surface area contributed by atoms with Gasteiger partial charge in [0.05, 0.1) is 19.3 Å². The van der Waals surface area contributed by atoms with Crippen LogP contribution in [0, 0.1) is 0 Å². The maximum atomic E-state index is 9.26. The van der Waals surface area contributed by atoms with Crippen LogP contribution in [0.3, 0.4) is 0 Å². The van der Waals surface area contributed by atoms with E-state index in [4.69, 9.17) is 4.74 Å². The molecule has 0 radical (unpaired) electrons. The van der Waals surface area contributed by atoms with Gasteiger partial charge >= 0.3 is 0 Å². The predicted molar refractivity (Wildman–Crippen MR) is 77.6 cm³/mol. The van der Waals surface area contributed by atoms with Gasteiger partial charge in [-0.1, -0.05) is 18.2 Å². The van der Waals surface area contributed by atoms with Gasteiger partial charge in [-0.25, -0.2) is 0 Å². The summed E-state index contributed by atoms with van der Waals surface area (Å²) in [6, 6.07) is 11.1. The molecule has 1 heterocycles. The molecule has 1 aliphatic rings. The lowest BCUT2D eigenvalue weighted by Gasteiger charge is -2.35. The van der Waals surface area contributed by atoms with Crippen LogP contribution in [0.1, 0.15) is 12.8 Å². The number of benzene rings is 1. The van der Waals surface area contributed by atoms with Gasteiger partial charge in [-0.15, -0.1) is 0 Å². The molecular formula is C15H24N2O2. The summed E-state index contributed by atoms with van der Waals surface area (Å²) in [4.78, 5) is 2.42. The fraction of sp³-hybridized carbons (Fsp3) is 0.600. The molecular weight excluding hydrogens is 240 g/mol. The zero-order chi connectivity index (χ0) is 13.5. The Bertz CT molecular complexity index is 350. The van der Waals surface area contributed by atoms with Crippen molar-refractivity contribution in [1.29, 1.82) is 0 Å². The first kappa shape index (κ1) is 14.3. The van der Waals surface area contributed by atoms with E-state index in [-0.39, 0.29) is 12.6 Å². The number of aliphatic hydroxyl groups excluding tert-OH is 1. The smallest absolute Gasteiger partial charge is 0.0638 e. The molecule has 1 fully saturated rings. The van der Waals surface area contributed by atoms with E-state index in [1.54, 1.807) is 7.11 Å². The van der Waals surface area contributed by atoms with E-state index in [0.717, 1.165) is 25.9 Å². The lowest BCUT2D eigenvalue weighted by Crippen LogP contribution is -2.48. The van der Waals surface area contributed by atoms with Gasteiger partial charge in [-0.05, 0) is 25.0 Å². The number of piperidine rings is 1. The Kier molecular flexibility index (Phi) is 5.63. The van der Waals surface area contributed by atoms with Gasteiger partial charge in [0.2, 0.25) is 0 Å². The highest BCUT2D eigenvalue weighted by Gasteiger charge is 2.21. The molecule has 0 aliphatic carbocycles. The molecule has 1 aliphatic heterocycles. The quantitative estimate of drug-likeness (QED) is 0.812. The van der Waals surface area contributed by atoms with Crippen molar-refractivity contribution in [3.8, 4) is 0 Å². The van der Waals surface area contributed by atoms with Gasteiger partial charge in [0.15, 0.2) is 0 Å². The van der Waals surface area contributed by atoms with E-state index in [1.807, 2.05) is 6.07 Å². The van der Waals surface area contributed by atoms with Crippen LogP contribution in [0.15, 0.2) is 30.3 Å². The zero-order valence-electron chi connectivity index (χ0n) is 11.6. The standard InChI is InChI=1S/C15H24N2O2/c1-19-12-14(11-18)16-13-7-9-17(10-8-13)15-5-3-2-4-6-15/h2-6,13-14,16,18H,7-12H2,1H3. The van der Waals surface area contributed by atoms with Crippen molar-refractivity contribution in [2.75, 3.05) is 38.3 Å². The average Bonchev–Trinajstić information content (AvgIpc) is 2.48. The van der Waals surface area contributed by atoms with Crippen LogP contribution >= 0.6 is 0 Å². The predicted octanol–water partition coefficient (Wildman–Crippen LogP) is 1.25. The summed E-state index contributed by atoms with van der Waals surface area (Å²) < 4.78 is 5.09. The topological polar surface area (TPSA) is 44.7 Å². The molecule has 0 spiro atoms. The molecule has 2 N–H and O–H groups in total. The van der Waals surface area contributed by atoms with Gasteiger partial charge in [0.25, 0.3) is 0 Å². The van der Waals surface area contributed by atoms with E-state index in [0.29, 0.717) is 12.6 Å². The number of ether oxygens (including phenoxy) is 1. The van der Waals surface area contributed by atoms with Crippen molar-refractivity contribution < 1.29 is 9.84 Å². The summed E-state index contributed by atoms with van der Waals surface area (Å²) in [5.74, 6) is 0. The molecule has 1 aromatic carbocycles. The maximum Gasteiger partial charge on any atom is 0.0638 e. The fourth-order valence-corrected chi connectivity index (χ4v) is 2.63. The number of nitrogens with zero attached hydrogens (tertiary/aromatic N) is 1. The van der Waals surface area contributed by atoms with E-state index in [2.05, 4.69) is 34.5 Å². The number of aliphatic hydroxyl groups is 1. The second-order valence-electron chi connectivity index (χ2n) is 5.10. The first-order valence-corrected chi connectivity index (χ1v) is 6.99. The van der Waals surface area contributed by atoms with Crippen LogP contribution in [0.25, 0.3) is 0 Å². The first-order chi connectivity index (χ1) is 9.33. The molecule has 0 aromatic heterocycles.